The van der Waals surface area contributed by atoms with Gasteiger partial charge in [-0.05, 0) is 26.5 Å². The molecule has 17 heavy (non-hydrogen) atoms. The molecule has 1 aromatic heterocycles. The van der Waals surface area contributed by atoms with Gasteiger partial charge in [-0.15, -0.1) is 0 Å². The third kappa shape index (κ3) is 3.74. The van der Waals surface area contributed by atoms with Gasteiger partial charge in [-0.2, -0.15) is 11.8 Å². The summed E-state index contributed by atoms with van der Waals surface area (Å²) >= 11 is 1.82. The lowest BCUT2D eigenvalue weighted by Gasteiger charge is -2.23. The summed E-state index contributed by atoms with van der Waals surface area (Å²) in [5, 5.41) is 3.36. The van der Waals surface area contributed by atoms with Crippen molar-refractivity contribution in [1.29, 1.82) is 0 Å². The number of anilines is 2. The first-order chi connectivity index (χ1) is 8.04. The van der Waals surface area contributed by atoms with Crippen molar-refractivity contribution >= 4 is 23.4 Å². The number of hydrazine groups is 1. The lowest BCUT2D eigenvalue weighted by Crippen LogP contribution is -2.27. The number of hydrogen-bond acceptors (Lipinski definition) is 6. The van der Waals surface area contributed by atoms with Crippen molar-refractivity contribution < 1.29 is 0 Å². The van der Waals surface area contributed by atoms with Gasteiger partial charge in [0.15, 0.2) is 0 Å². The van der Waals surface area contributed by atoms with E-state index in [-0.39, 0.29) is 4.75 Å². The second-order valence-electron chi connectivity index (χ2n) is 4.36. The van der Waals surface area contributed by atoms with Gasteiger partial charge in [-0.1, -0.05) is 6.92 Å². The van der Waals surface area contributed by atoms with Crippen LogP contribution in [0.1, 0.15) is 26.3 Å². The van der Waals surface area contributed by atoms with Crippen LogP contribution in [0.4, 0.5) is 11.6 Å². The van der Waals surface area contributed by atoms with Crippen LogP contribution >= 0.6 is 11.8 Å². The number of rotatable bonds is 6. The first-order valence-corrected chi connectivity index (χ1v) is 6.86. The fourth-order valence-corrected chi connectivity index (χ4v) is 1.61. The molecular formula is C11H21N5S. The van der Waals surface area contributed by atoms with Crippen molar-refractivity contribution in [2.24, 2.45) is 5.84 Å². The molecule has 1 rings (SSSR count). The molecule has 0 spiro atoms. The fourth-order valence-electron chi connectivity index (χ4n) is 1.39. The van der Waals surface area contributed by atoms with Crippen LogP contribution < -0.4 is 16.6 Å². The van der Waals surface area contributed by atoms with Gasteiger partial charge >= 0.3 is 0 Å². The molecule has 0 aromatic carbocycles. The quantitative estimate of drug-likeness (QED) is 0.532. The second-order valence-corrected chi connectivity index (χ2v) is 5.88. The van der Waals surface area contributed by atoms with Gasteiger partial charge in [0.2, 0.25) is 0 Å². The Hall–Kier alpha value is -1.01. The molecule has 0 saturated carbocycles. The Morgan fingerprint density at radius 1 is 1.35 bits per heavy atom. The van der Waals surface area contributed by atoms with Gasteiger partial charge in [-0.3, -0.25) is 0 Å². The third-order valence-corrected chi connectivity index (χ3v) is 3.92. The molecule has 0 aliphatic carbocycles. The third-order valence-electron chi connectivity index (χ3n) is 2.67. The summed E-state index contributed by atoms with van der Waals surface area (Å²) in [6.07, 6.45) is 4.46. The van der Waals surface area contributed by atoms with Gasteiger partial charge in [-0.25, -0.2) is 15.8 Å². The number of nitrogens with two attached hydrogens (primary N) is 1. The highest BCUT2D eigenvalue weighted by Crippen LogP contribution is 2.24. The van der Waals surface area contributed by atoms with Crippen LogP contribution in [-0.4, -0.2) is 27.5 Å². The molecule has 0 saturated heterocycles. The monoisotopic (exact) mass is 255 g/mol. The molecular weight excluding hydrogens is 234 g/mol. The number of nitrogens with zero attached hydrogens (tertiary/aromatic N) is 2. The van der Waals surface area contributed by atoms with Crippen molar-refractivity contribution in [2.45, 2.75) is 31.9 Å². The molecule has 0 atom stereocenters. The van der Waals surface area contributed by atoms with Crippen LogP contribution in [0.15, 0.2) is 6.33 Å². The topological polar surface area (TPSA) is 75.9 Å². The Balaban J connectivity index is 2.84. The lowest BCUT2D eigenvalue weighted by atomic mass is 10.2. The maximum absolute atomic E-state index is 5.43. The van der Waals surface area contributed by atoms with Crippen LogP contribution in [0.25, 0.3) is 0 Å². The van der Waals surface area contributed by atoms with Gasteiger partial charge in [0.05, 0.1) is 0 Å². The van der Waals surface area contributed by atoms with E-state index >= 15 is 0 Å². The van der Waals surface area contributed by atoms with Crippen LogP contribution in [0.3, 0.4) is 0 Å². The van der Waals surface area contributed by atoms with E-state index in [4.69, 9.17) is 5.84 Å². The summed E-state index contributed by atoms with van der Waals surface area (Å²) in [5.74, 6) is 6.98. The van der Waals surface area contributed by atoms with Crippen molar-refractivity contribution in [3.05, 3.63) is 11.9 Å². The zero-order valence-corrected chi connectivity index (χ0v) is 11.7. The van der Waals surface area contributed by atoms with E-state index in [0.717, 1.165) is 24.3 Å². The Morgan fingerprint density at radius 3 is 2.53 bits per heavy atom. The van der Waals surface area contributed by atoms with E-state index in [0.29, 0.717) is 5.82 Å². The van der Waals surface area contributed by atoms with E-state index in [1.807, 2.05) is 11.8 Å². The van der Waals surface area contributed by atoms with Gasteiger partial charge in [0.25, 0.3) is 0 Å². The Morgan fingerprint density at radius 2 is 2.00 bits per heavy atom. The number of aromatic nitrogens is 2. The molecule has 0 aliphatic rings. The first-order valence-electron chi connectivity index (χ1n) is 5.63. The second kappa shape index (κ2) is 6.07. The molecule has 0 unspecified atom stereocenters. The minimum Gasteiger partial charge on any atom is -0.368 e. The first kappa shape index (κ1) is 14.1. The molecule has 4 N–H and O–H groups in total. The largest absolute Gasteiger partial charge is 0.368 e. The average Bonchev–Trinajstić information content (AvgIpc) is 2.35. The molecule has 0 fully saturated rings. The number of nitrogens with one attached hydrogen (secondary N) is 2. The Labute approximate surface area is 107 Å². The summed E-state index contributed by atoms with van der Waals surface area (Å²) < 4.78 is 0.173. The summed E-state index contributed by atoms with van der Waals surface area (Å²) in [7, 11) is 0. The predicted octanol–water partition coefficient (Wildman–Crippen LogP) is 1.88. The van der Waals surface area contributed by atoms with Crippen LogP contribution in [0.2, 0.25) is 0 Å². The SMILES string of the molecule is CCc1c(NN)ncnc1NCC(C)(C)SC. The standard InChI is InChI=1S/C11H21N5S/c1-5-8-9(13-6-11(2,3)17-4)14-7-15-10(8)16-12/h7H,5-6,12H2,1-4H3,(H2,13,14,15,16). The number of thioether (sulfide) groups is 1. The van der Waals surface area contributed by atoms with Crippen molar-refractivity contribution in [1.82, 2.24) is 9.97 Å². The van der Waals surface area contributed by atoms with Gasteiger partial charge < -0.3 is 10.7 Å². The normalized spacial score (nSPS) is 11.4. The van der Waals surface area contributed by atoms with E-state index in [9.17, 15) is 0 Å². The van der Waals surface area contributed by atoms with E-state index in [1.165, 1.54) is 6.33 Å². The highest BCUT2D eigenvalue weighted by atomic mass is 32.2. The van der Waals surface area contributed by atoms with Crippen LogP contribution in [0.5, 0.6) is 0 Å². The highest BCUT2D eigenvalue weighted by molar-refractivity contribution is 7.99. The minimum absolute atomic E-state index is 0.173. The summed E-state index contributed by atoms with van der Waals surface area (Å²) in [6.45, 7) is 7.30. The molecule has 6 heteroatoms. The number of hydrogen-bond donors (Lipinski definition) is 3. The smallest absolute Gasteiger partial charge is 0.148 e. The van der Waals surface area contributed by atoms with E-state index in [2.05, 4.69) is 47.7 Å². The minimum atomic E-state index is 0.173. The van der Waals surface area contributed by atoms with Crippen molar-refractivity contribution in [3.63, 3.8) is 0 Å². The zero-order valence-electron chi connectivity index (χ0n) is 10.9. The molecule has 1 aromatic rings. The van der Waals surface area contributed by atoms with E-state index in [1.54, 1.807) is 0 Å². The van der Waals surface area contributed by atoms with Crippen molar-refractivity contribution in [2.75, 3.05) is 23.5 Å². The van der Waals surface area contributed by atoms with Crippen LogP contribution in [0, 0.1) is 0 Å². The fraction of sp³-hybridized carbons (Fsp3) is 0.636. The van der Waals surface area contributed by atoms with Crippen molar-refractivity contribution in [3.8, 4) is 0 Å². The lowest BCUT2D eigenvalue weighted by molar-refractivity contribution is 0.748. The maximum Gasteiger partial charge on any atom is 0.148 e. The molecule has 1 heterocycles. The molecule has 96 valence electrons. The molecule has 5 nitrogen and oxygen atoms in total. The van der Waals surface area contributed by atoms with Gasteiger partial charge in [0.1, 0.15) is 18.0 Å². The molecule has 0 amide bonds. The summed E-state index contributed by atoms with van der Waals surface area (Å²) in [4.78, 5) is 8.37. The number of nitrogen functional groups attached to an aromatic ring is 1. The summed E-state index contributed by atoms with van der Waals surface area (Å²) in [5.41, 5.74) is 3.62. The summed E-state index contributed by atoms with van der Waals surface area (Å²) in [6, 6.07) is 0. The molecule has 0 aliphatic heterocycles. The maximum atomic E-state index is 5.43. The van der Waals surface area contributed by atoms with Gasteiger partial charge in [0, 0.05) is 16.9 Å². The zero-order chi connectivity index (χ0) is 12.9. The average molecular weight is 255 g/mol. The van der Waals surface area contributed by atoms with Crippen LogP contribution in [-0.2, 0) is 6.42 Å². The predicted molar refractivity (Wildman–Crippen MR) is 75.3 cm³/mol. The Kier molecular flexibility index (Phi) is 5.02. The molecule has 0 bridgehead atoms. The Bertz CT molecular complexity index is 367. The molecule has 0 radical (unpaired) electrons. The highest BCUT2D eigenvalue weighted by Gasteiger charge is 2.17. The van der Waals surface area contributed by atoms with E-state index < -0.39 is 0 Å².